The molecule has 1 aromatic carbocycles. The monoisotopic (exact) mass is 235 g/mol. The van der Waals surface area contributed by atoms with E-state index < -0.39 is 6.03 Å². The van der Waals surface area contributed by atoms with Crippen LogP contribution in [0.2, 0.25) is 0 Å². The van der Waals surface area contributed by atoms with Gasteiger partial charge in [0.2, 0.25) is 0 Å². The molecular weight excluding hydrogens is 218 g/mol. The van der Waals surface area contributed by atoms with Crippen LogP contribution in [0.1, 0.15) is 5.56 Å². The minimum atomic E-state index is -0.490. The molecule has 2 amide bonds. The molecule has 5 nitrogen and oxygen atoms in total. The third-order valence-electron chi connectivity index (χ3n) is 2.69. The predicted molar refractivity (Wildman–Crippen MR) is 65.0 cm³/mol. The van der Waals surface area contributed by atoms with Crippen molar-refractivity contribution in [2.45, 2.75) is 12.5 Å². The molecule has 0 radical (unpaired) electrons. The minimum Gasteiger partial charge on any atom is -0.488 e. The van der Waals surface area contributed by atoms with Crippen LogP contribution in [-0.4, -0.2) is 31.8 Å². The SMILES string of the molecule is NC(=O)NCCNCC1Cc2ccccc2O1. The Hall–Kier alpha value is -1.75. The molecule has 0 saturated carbocycles. The number of benzene rings is 1. The quantitative estimate of drug-likeness (QED) is 0.640. The minimum absolute atomic E-state index is 0.181. The molecule has 0 aliphatic carbocycles. The van der Waals surface area contributed by atoms with Crippen LogP contribution in [0.15, 0.2) is 24.3 Å². The molecule has 0 aromatic heterocycles. The van der Waals surface area contributed by atoms with Gasteiger partial charge in [0.25, 0.3) is 0 Å². The van der Waals surface area contributed by atoms with Gasteiger partial charge in [0.1, 0.15) is 11.9 Å². The zero-order valence-electron chi connectivity index (χ0n) is 9.61. The molecule has 0 saturated heterocycles. The van der Waals surface area contributed by atoms with Gasteiger partial charge in [-0.3, -0.25) is 0 Å². The van der Waals surface area contributed by atoms with Crippen LogP contribution in [0.4, 0.5) is 4.79 Å². The van der Waals surface area contributed by atoms with Crippen LogP contribution in [0.25, 0.3) is 0 Å². The molecule has 0 spiro atoms. The highest BCUT2D eigenvalue weighted by Gasteiger charge is 2.21. The molecule has 0 fully saturated rings. The number of hydrogen-bond donors (Lipinski definition) is 3. The number of carbonyl (C=O) groups is 1. The first kappa shape index (κ1) is 11.7. The zero-order chi connectivity index (χ0) is 12.1. The van der Waals surface area contributed by atoms with Gasteiger partial charge >= 0.3 is 6.03 Å². The van der Waals surface area contributed by atoms with Crippen molar-refractivity contribution >= 4 is 6.03 Å². The van der Waals surface area contributed by atoms with Crippen LogP contribution in [0.5, 0.6) is 5.75 Å². The van der Waals surface area contributed by atoms with Crippen molar-refractivity contribution in [1.82, 2.24) is 10.6 Å². The average Bonchev–Trinajstić information content (AvgIpc) is 2.70. The first-order valence-electron chi connectivity index (χ1n) is 5.74. The lowest BCUT2D eigenvalue weighted by atomic mass is 10.1. The highest BCUT2D eigenvalue weighted by molar-refractivity contribution is 5.71. The lowest BCUT2D eigenvalue weighted by Crippen LogP contribution is -2.38. The third-order valence-corrected chi connectivity index (χ3v) is 2.69. The summed E-state index contributed by atoms with van der Waals surface area (Å²) in [5.74, 6) is 0.981. The van der Waals surface area contributed by atoms with Gasteiger partial charge in [-0.1, -0.05) is 18.2 Å². The molecule has 92 valence electrons. The van der Waals surface area contributed by atoms with E-state index in [1.165, 1.54) is 5.56 Å². The van der Waals surface area contributed by atoms with Crippen molar-refractivity contribution in [3.05, 3.63) is 29.8 Å². The summed E-state index contributed by atoms with van der Waals surface area (Å²) in [6.45, 7) is 2.00. The van der Waals surface area contributed by atoms with Crippen LogP contribution < -0.4 is 21.1 Å². The van der Waals surface area contributed by atoms with E-state index in [-0.39, 0.29) is 6.10 Å². The Bertz CT molecular complexity index is 370. The van der Waals surface area contributed by atoms with E-state index in [0.717, 1.165) is 18.7 Å². The van der Waals surface area contributed by atoms with Gasteiger partial charge in [-0.15, -0.1) is 0 Å². The first-order valence-corrected chi connectivity index (χ1v) is 5.74. The van der Waals surface area contributed by atoms with Crippen molar-refractivity contribution in [1.29, 1.82) is 0 Å². The molecule has 1 unspecified atom stereocenters. The molecule has 0 bridgehead atoms. The molecule has 4 N–H and O–H groups in total. The maximum absolute atomic E-state index is 10.4. The summed E-state index contributed by atoms with van der Waals surface area (Å²) in [5.41, 5.74) is 6.21. The van der Waals surface area contributed by atoms with Gasteiger partial charge in [-0.2, -0.15) is 0 Å². The Morgan fingerprint density at radius 1 is 1.41 bits per heavy atom. The van der Waals surface area contributed by atoms with Crippen molar-refractivity contribution in [3.63, 3.8) is 0 Å². The third kappa shape index (κ3) is 3.35. The molecular formula is C12H17N3O2. The lowest BCUT2D eigenvalue weighted by molar-refractivity contribution is 0.227. The summed E-state index contributed by atoms with van der Waals surface area (Å²) in [7, 11) is 0. The van der Waals surface area contributed by atoms with Gasteiger partial charge in [-0.05, 0) is 11.6 Å². The van der Waals surface area contributed by atoms with E-state index in [1.54, 1.807) is 0 Å². The van der Waals surface area contributed by atoms with Crippen molar-refractivity contribution < 1.29 is 9.53 Å². The predicted octanol–water partition coefficient (Wildman–Crippen LogP) is 0.248. The normalized spacial score (nSPS) is 17.3. The second-order valence-corrected chi connectivity index (χ2v) is 4.05. The van der Waals surface area contributed by atoms with Gasteiger partial charge in [0, 0.05) is 26.1 Å². The number of nitrogens with one attached hydrogen (secondary N) is 2. The molecule has 5 heteroatoms. The Labute approximate surface area is 100 Å². The van der Waals surface area contributed by atoms with Crippen LogP contribution in [-0.2, 0) is 6.42 Å². The number of amides is 2. The molecule has 17 heavy (non-hydrogen) atoms. The standard InChI is InChI=1S/C12H17N3O2/c13-12(16)15-6-5-14-8-10-7-9-3-1-2-4-11(9)17-10/h1-4,10,14H,5-8H2,(H3,13,15,16). The van der Waals surface area contributed by atoms with E-state index in [2.05, 4.69) is 16.7 Å². The molecule has 1 atom stereocenters. The fourth-order valence-corrected chi connectivity index (χ4v) is 1.90. The van der Waals surface area contributed by atoms with Gasteiger partial charge < -0.3 is 21.1 Å². The molecule has 1 aromatic rings. The number of carbonyl (C=O) groups excluding carboxylic acids is 1. The molecule has 2 rings (SSSR count). The van der Waals surface area contributed by atoms with Crippen LogP contribution in [0.3, 0.4) is 0 Å². The average molecular weight is 235 g/mol. The second kappa shape index (κ2) is 5.54. The first-order chi connectivity index (χ1) is 8.25. The highest BCUT2D eigenvalue weighted by atomic mass is 16.5. The number of para-hydroxylation sites is 1. The molecule has 1 aliphatic heterocycles. The number of nitrogens with two attached hydrogens (primary N) is 1. The number of primary amides is 1. The summed E-state index contributed by atoms with van der Waals surface area (Å²) in [4.78, 5) is 10.4. The van der Waals surface area contributed by atoms with Crippen molar-refractivity contribution in [2.24, 2.45) is 5.73 Å². The van der Waals surface area contributed by atoms with Crippen LogP contribution in [0, 0.1) is 0 Å². The second-order valence-electron chi connectivity index (χ2n) is 4.05. The van der Waals surface area contributed by atoms with E-state index >= 15 is 0 Å². The Kier molecular flexibility index (Phi) is 3.82. The number of fused-ring (bicyclic) bond motifs is 1. The van der Waals surface area contributed by atoms with Gasteiger partial charge in [0.15, 0.2) is 0 Å². The maximum Gasteiger partial charge on any atom is 0.312 e. The summed E-state index contributed by atoms with van der Waals surface area (Å²) in [6, 6.07) is 7.59. The Morgan fingerprint density at radius 3 is 3.00 bits per heavy atom. The Morgan fingerprint density at radius 2 is 2.24 bits per heavy atom. The topological polar surface area (TPSA) is 76.4 Å². The van der Waals surface area contributed by atoms with Crippen LogP contribution >= 0.6 is 0 Å². The summed E-state index contributed by atoms with van der Waals surface area (Å²) < 4.78 is 5.76. The number of ether oxygens (including phenoxy) is 1. The fourth-order valence-electron chi connectivity index (χ4n) is 1.90. The van der Waals surface area contributed by atoms with E-state index in [4.69, 9.17) is 10.5 Å². The van der Waals surface area contributed by atoms with Gasteiger partial charge in [-0.25, -0.2) is 4.79 Å². The maximum atomic E-state index is 10.4. The largest absolute Gasteiger partial charge is 0.488 e. The van der Waals surface area contributed by atoms with Gasteiger partial charge in [0.05, 0.1) is 0 Å². The summed E-state index contributed by atoms with van der Waals surface area (Å²) in [5, 5.41) is 5.75. The zero-order valence-corrected chi connectivity index (χ0v) is 9.61. The van der Waals surface area contributed by atoms with Crippen molar-refractivity contribution in [2.75, 3.05) is 19.6 Å². The molecule has 1 aliphatic rings. The Balaban J connectivity index is 1.65. The number of hydrogen-bond acceptors (Lipinski definition) is 3. The number of rotatable bonds is 5. The van der Waals surface area contributed by atoms with E-state index in [1.807, 2.05) is 18.2 Å². The molecule has 1 heterocycles. The lowest BCUT2D eigenvalue weighted by Gasteiger charge is -2.11. The van der Waals surface area contributed by atoms with Crippen molar-refractivity contribution in [3.8, 4) is 5.75 Å². The summed E-state index contributed by atoms with van der Waals surface area (Å²) in [6.07, 6.45) is 1.12. The van der Waals surface area contributed by atoms with E-state index in [9.17, 15) is 4.79 Å². The van der Waals surface area contributed by atoms with E-state index in [0.29, 0.717) is 13.1 Å². The fraction of sp³-hybridized carbons (Fsp3) is 0.417. The summed E-state index contributed by atoms with van der Waals surface area (Å²) >= 11 is 0. The highest BCUT2D eigenvalue weighted by Crippen LogP contribution is 2.27. The number of urea groups is 1. The smallest absolute Gasteiger partial charge is 0.312 e.